The van der Waals surface area contributed by atoms with Crippen LogP contribution in [0.5, 0.6) is 5.75 Å². The largest absolute Gasteiger partial charge is 0.497 e. The Bertz CT molecular complexity index is 890. The number of ether oxygens (including phenoxy) is 2. The van der Waals surface area contributed by atoms with Crippen molar-refractivity contribution in [2.75, 3.05) is 44.9 Å². The van der Waals surface area contributed by atoms with Crippen LogP contribution in [0.4, 0.5) is 14.5 Å². The Labute approximate surface area is 168 Å². The molecule has 0 bridgehead atoms. The second-order valence-electron chi connectivity index (χ2n) is 7.85. The van der Waals surface area contributed by atoms with E-state index in [1.165, 1.54) is 25.3 Å². The molecule has 0 saturated carbocycles. The molecule has 154 valence electrons. The minimum Gasteiger partial charge on any atom is -0.497 e. The number of nitrogens with zero attached hydrogens (tertiary/aromatic N) is 2. The second-order valence-corrected chi connectivity index (χ2v) is 7.85. The van der Waals surface area contributed by atoms with Crippen molar-refractivity contribution < 1.29 is 23.0 Å². The summed E-state index contributed by atoms with van der Waals surface area (Å²) in [7, 11) is 1.51. The minimum atomic E-state index is -0.370. The van der Waals surface area contributed by atoms with Crippen LogP contribution in [0.15, 0.2) is 42.5 Å². The van der Waals surface area contributed by atoms with Crippen LogP contribution >= 0.6 is 0 Å². The zero-order chi connectivity index (χ0) is 20.4. The maximum absolute atomic E-state index is 14.4. The molecule has 0 aromatic heterocycles. The normalized spacial score (nSPS) is 22.9. The molecule has 2 aliphatic rings. The standard InChI is InChI=1S/C22H24F2N2O3/c1-28-19-7-2-16(20(24)10-19)12-25-8-9-29-15-22(13-25)11-21(27)26(14-22)18-5-3-17(23)4-6-18/h2-7,10H,8-9,11-15H2,1H3/t22-/m0/s1. The molecular formula is C22H24F2N2O3. The average molecular weight is 402 g/mol. The first-order valence-electron chi connectivity index (χ1n) is 9.66. The number of rotatable bonds is 4. The van der Waals surface area contributed by atoms with Gasteiger partial charge in [-0.25, -0.2) is 8.78 Å². The summed E-state index contributed by atoms with van der Waals surface area (Å²) >= 11 is 0. The number of benzene rings is 2. The molecular weight excluding hydrogens is 378 g/mol. The van der Waals surface area contributed by atoms with Gasteiger partial charge in [0.15, 0.2) is 0 Å². The Morgan fingerprint density at radius 3 is 2.66 bits per heavy atom. The third-order valence-electron chi connectivity index (χ3n) is 5.63. The molecule has 0 unspecified atom stereocenters. The number of anilines is 1. The lowest BCUT2D eigenvalue weighted by atomic mass is 9.87. The van der Waals surface area contributed by atoms with Gasteiger partial charge in [-0.3, -0.25) is 9.69 Å². The maximum Gasteiger partial charge on any atom is 0.227 e. The topological polar surface area (TPSA) is 42.0 Å². The molecule has 2 saturated heterocycles. The van der Waals surface area contributed by atoms with Crippen LogP contribution in [0.3, 0.4) is 0 Å². The molecule has 0 N–H and O–H groups in total. The first-order valence-corrected chi connectivity index (χ1v) is 9.66. The lowest BCUT2D eigenvalue weighted by Crippen LogP contribution is -2.40. The molecule has 1 spiro atoms. The number of hydrogen-bond donors (Lipinski definition) is 0. The van der Waals surface area contributed by atoms with Crippen LogP contribution in [-0.2, 0) is 16.1 Å². The highest BCUT2D eigenvalue weighted by atomic mass is 19.1. The van der Waals surface area contributed by atoms with E-state index in [1.54, 1.807) is 29.2 Å². The van der Waals surface area contributed by atoms with Crippen molar-refractivity contribution in [1.29, 1.82) is 0 Å². The monoisotopic (exact) mass is 402 g/mol. The predicted octanol–water partition coefficient (Wildman–Crippen LogP) is 3.23. The Morgan fingerprint density at radius 1 is 1.14 bits per heavy atom. The zero-order valence-electron chi connectivity index (χ0n) is 16.4. The molecule has 0 radical (unpaired) electrons. The Balaban J connectivity index is 1.51. The summed E-state index contributed by atoms with van der Waals surface area (Å²) in [5, 5.41) is 0. The number of amides is 1. The molecule has 0 aliphatic carbocycles. The molecule has 1 amide bonds. The summed E-state index contributed by atoms with van der Waals surface area (Å²) in [6.07, 6.45) is 0.353. The van der Waals surface area contributed by atoms with E-state index in [2.05, 4.69) is 4.90 Å². The van der Waals surface area contributed by atoms with Crippen LogP contribution in [0.1, 0.15) is 12.0 Å². The molecule has 2 aliphatic heterocycles. The summed E-state index contributed by atoms with van der Waals surface area (Å²) in [6, 6.07) is 10.8. The molecule has 1 atom stereocenters. The Morgan fingerprint density at radius 2 is 1.93 bits per heavy atom. The molecule has 2 aromatic carbocycles. The van der Waals surface area contributed by atoms with Crippen molar-refractivity contribution in [2.24, 2.45) is 5.41 Å². The van der Waals surface area contributed by atoms with Gasteiger partial charge in [0.1, 0.15) is 17.4 Å². The molecule has 2 fully saturated rings. The van der Waals surface area contributed by atoms with Crippen molar-refractivity contribution in [3.63, 3.8) is 0 Å². The van der Waals surface area contributed by atoms with Gasteiger partial charge < -0.3 is 14.4 Å². The molecule has 4 rings (SSSR count). The van der Waals surface area contributed by atoms with Gasteiger partial charge in [0.05, 0.1) is 20.3 Å². The first kappa shape index (κ1) is 19.8. The van der Waals surface area contributed by atoms with Crippen molar-refractivity contribution in [2.45, 2.75) is 13.0 Å². The van der Waals surface area contributed by atoms with Crippen LogP contribution in [0, 0.1) is 17.0 Å². The third-order valence-corrected chi connectivity index (χ3v) is 5.63. The fourth-order valence-electron chi connectivity index (χ4n) is 4.20. The number of carbonyl (C=O) groups is 1. The number of methoxy groups -OCH3 is 1. The van der Waals surface area contributed by atoms with E-state index < -0.39 is 0 Å². The zero-order valence-corrected chi connectivity index (χ0v) is 16.4. The smallest absolute Gasteiger partial charge is 0.227 e. The van der Waals surface area contributed by atoms with E-state index >= 15 is 0 Å². The highest BCUT2D eigenvalue weighted by molar-refractivity contribution is 5.96. The predicted molar refractivity (Wildman–Crippen MR) is 105 cm³/mol. The van der Waals surface area contributed by atoms with Gasteiger partial charge >= 0.3 is 0 Å². The van der Waals surface area contributed by atoms with E-state index in [0.717, 1.165) is 0 Å². The Hall–Kier alpha value is -2.51. The fourth-order valence-corrected chi connectivity index (χ4v) is 4.20. The van der Waals surface area contributed by atoms with Crippen LogP contribution < -0.4 is 9.64 Å². The summed E-state index contributed by atoms with van der Waals surface area (Å²) < 4.78 is 38.5. The van der Waals surface area contributed by atoms with Crippen molar-refractivity contribution in [3.05, 3.63) is 59.7 Å². The maximum atomic E-state index is 14.4. The van der Waals surface area contributed by atoms with Gasteiger partial charge in [0.2, 0.25) is 5.91 Å². The van der Waals surface area contributed by atoms with E-state index in [4.69, 9.17) is 9.47 Å². The SMILES string of the molecule is COc1ccc(CN2CCOC[C@@]3(CC(=O)N(c4ccc(F)cc4)C3)C2)c(F)c1. The number of halogens is 2. The summed E-state index contributed by atoms with van der Waals surface area (Å²) in [5.41, 5.74) is 0.901. The van der Waals surface area contributed by atoms with Crippen LogP contribution in [0.25, 0.3) is 0 Å². The molecule has 29 heavy (non-hydrogen) atoms. The van der Waals surface area contributed by atoms with Gasteiger partial charge in [-0.2, -0.15) is 0 Å². The molecule has 5 nitrogen and oxygen atoms in total. The van der Waals surface area contributed by atoms with Gasteiger partial charge in [0, 0.05) is 55.3 Å². The minimum absolute atomic E-state index is 0.00214. The van der Waals surface area contributed by atoms with Crippen LogP contribution in [-0.4, -0.2) is 50.8 Å². The van der Waals surface area contributed by atoms with Crippen molar-refractivity contribution in [1.82, 2.24) is 4.90 Å². The lowest BCUT2D eigenvalue weighted by molar-refractivity contribution is -0.118. The third kappa shape index (κ3) is 4.26. The van der Waals surface area contributed by atoms with E-state index in [1.807, 2.05) is 0 Å². The second kappa shape index (κ2) is 8.08. The molecule has 2 heterocycles. The van der Waals surface area contributed by atoms with E-state index in [-0.39, 0.29) is 23.0 Å². The van der Waals surface area contributed by atoms with Gasteiger partial charge in [0.25, 0.3) is 0 Å². The summed E-state index contributed by atoms with van der Waals surface area (Å²) in [4.78, 5) is 16.6. The lowest BCUT2D eigenvalue weighted by Gasteiger charge is -2.31. The van der Waals surface area contributed by atoms with Crippen LogP contribution in [0.2, 0.25) is 0 Å². The van der Waals surface area contributed by atoms with E-state index in [0.29, 0.717) is 62.8 Å². The van der Waals surface area contributed by atoms with Gasteiger partial charge in [-0.05, 0) is 30.3 Å². The number of hydrogen-bond acceptors (Lipinski definition) is 4. The molecule has 2 aromatic rings. The summed E-state index contributed by atoms with van der Waals surface area (Å²) in [5.74, 6) is -0.157. The van der Waals surface area contributed by atoms with Gasteiger partial charge in [-0.1, -0.05) is 6.07 Å². The first-order chi connectivity index (χ1) is 14.0. The van der Waals surface area contributed by atoms with Crippen molar-refractivity contribution >= 4 is 11.6 Å². The average Bonchev–Trinajstić information content (AvgIpc) is 2.90. The highest BCUT2D eigenvalue weighted by Crippen LogP contribution is 2.37. The molecule has 7 heteroatoms. The summed E-state index contributed by atoms with van der Waals surface area (Å²) in [6.45, 7) is 3.23. The quantitative estimate of drug-likeness (QED) is 0.788. The van der Waals surface area contributed by atoms with Crippen molar-refractivity contribution in [3.8, 4) is 5.75 Å². The Kier molecular flexibility index (Phi) is 5.52. The van der Waals surface area contributed by atoms with E-state index in [9.17, 15) is 13.6 Å². The van der Waals surface area contributed by atoms with Gasteiger partial charge in [-0.15, -0.1) is 0 Å². The fraction of sp³-hybridized carbons (Fsp3) is 0.409. The highest BCUT2D eigenvalue weighted by Gasteiger charge is 2.46. The number of carbonyl (C=O) groups excluding carboxylic acids is 1.